The van der Waals surface area contributed by atoms with E-state index in [1.807, 2.05) is 30.3 Å². The van der Waals surface area contributed by atoms with Crippen LogP contribution in [0.5, 0.6) is 5.75 Å². The fourth-order valence-corrected chi connectivity index (χ4v) is 1.61. The van der Waals surface area contributed by atoms with E-state index in [1.165, 1.54) is 18.2 Å². The number of hydrogen-bond donors (Lipinski definition) is 2. The molecule has 0 saturated heterocycles. The van der Waals surface area contributed by atoms with E-state index in [-0.39, 0.29) is 17.8 Å². The zero-order valence-electron chi connectivity index (χ0n) is 9.58. The monoisotopic (exact) mass is 246 g/mol. The number of para-hydroxylation sites is 1. The molecule has 0 spiro atoms. The van der Waals surface area contributed by atoms with Crippen molar-refractivity contribution in [2.45, 2.75) is 6.61 Å². The lowest BCUT2D eigenvalue weighted by molar-refractivity contribution is 0.291. The Balaban J connectivity index is 2.19. The fourth-order valence-electron chi connectivity index (χ4n) is 1.61. The van der Waals surface area contributed by atoms with Gasteiger partial charge in [-0.3, -0.25) is 0 Å². The first kappa shape index (κ1) is 12.6. The van der Waals surface area contributed by atoms with Gasteiger partial charge in [-0.25, -0.2) is 4.39 Å². The van der Waals surface area contributed by atoms with E-state index in [1.54, 1.807) is 0 Å². The summed E-state index contributed by atoms with van der Waals surface area (Å²) >= 11 is 0. The minimum Gasteiger partial charge on any atom is -0.486 e. The molecular weight excluding hydrogens is 234 g/mol. The third-order valence-electron chi connectivity index (χ3n) is 2.50. The highest BCUT2D eigenvalue weighted by atomic mass is 19.1. The molecule has 0 radical (unpaired) electrons. The van der Waals surface area contributed by atoms with Gasteiger partial charge in [0.25, 0.3) is 0 Å². The average Bonchev–Trinajstić information content (AvgIpc) is 2.38. The smallest absolute Gasteiger partial charge is 0.486 e. The molecule has 2 aromatic carbocycles. The van der Waals surface area contributed by atoms with Crippen LogP contribution in [0.25, 0.3) is 0 Å². The second kappa shape index (κ2) is 5.66. The molecule has 0 fully saturated rings. The highest BCUT2D eigenvalue weighted by molar-refractivity contribution is 6.59. The maximum Gasteiger partial charge on any atom is 0.492 e. The predicted octanol–water partition coefficient (Wildman–Crippen LogP) is 1.08. The van der Waals surface area contributed by atoms with Crippen LogP contribution in [0.4, 0.5) is 4.39 Å². The molecule has 2 N–H and O–H groups in total. The SMILES string of the molecule is OB(O)c1cccc(F)c1OCc1ccccc1. The van der Waals surface area contributed by atoms with E-state index < -0.39 is 12.9 Å². The van der Waals surface area contributed by atoms with Gasteiger partial charge in [-0.2, -0.15) is 0 Å². The van der Waals surface area contributed by atoms with Crippen molar-refractivity contribution >= 4 is 12.6 Å². The molecule has 92 valence electrons. The third kappa shape index (κ3) is 2.88. The van der Waals surface area contributed by atoms with Gasteiger partial charge in [0.2, 0.25) is 0 Å². The summed E-state index contributed by atoms with van der Waals surface area (Å²) < 4.78 is 18.9. The molecule has 0 bridgehead atoms. The Hall–Kier alpha value is -1.85. The van der Waals surface area contributed by atoms with Crippen molar-refractivity contribution in [3.05, 3.63) is 59.9 Å². The van der Waals surface area contributed by atoms with E-state index in [4.69, 9.17) is 14.8 Å². The van der Waals surface area contributed by atoms with Crippen molar-refractivity contribution in [1.29, 1.82) is 0 Å². The molecule has 0 aromatic heterocycles. The summed E-state index contributed by atoms with van der Waals surface area (Å²) in [7, 11) is -1.76. The van der Waals surface area contributed by atoms with Crippen LogP contribution in [-0.2, 0) is 6.61 Å². The van der Waals surface area contributed by atoms with E-state index in [2.05, 4.69) is 0 Å². The Morgan fingerprint density at radius 2 is 1.72 bits per heavy atom. The minimum absolute atomic E-state index is 0.0194. The van der Waals surface area contributed by atoms with E-state index in [0.29, 0.717) is 0 Å². The number of hydrogen-bond acceptors (Lipinski definition) is 3. The van der Waals surface area contributed by atoms with Gasteiger partial charge in [0.05, 0.1) is 0 Å². The summed E-state index contributed by atoms with van der Waals surface area (Å²) in [6.07, 6.45) is 0. The Morgan fingerprint density at radius 3 is 2.39 bits per heavy atom. The molecule has 3 nitrogen and oxygen atoms in total. The molecule has 0 aliphatic carbocycles. The van der Waals surface area contributed by atoms with Crippen molar-refractivity contribution in [2.75, 3.05) is 0 Å². The highest BCUT2D eigenvalue weighted by Crippen LogP contribution is 2.15. The molecule has 0 aliphatic heterocycles. The molecule has 0 heterocycles. The van der Waals surface area contributed by atoms with Crippen LogP contribution < -0.4 is 10.2 Å². The van der Waals surface area contributed by atoms with Crippen molar-refractivity contribution in [3.8, 4) is 5.75 Å². The van der Waals surface area contributed by atoms with Crippen LogP contribution in [0.2, 0.25) is 0 Å². The Kier molecular flexibility index (Phi) is 3.97. The molecule has 2 rings (SSSR count). The van der Waals surface area contributed by atoms with Crippen LogP contribution >= 0.6 is 0 Å². The fraction of sp³-hybridized carbons (Fsp3) is 0.0769. The molecule has 0 amide bonds. The Bertz CT molecular complexity index is 517. The zero-order valence-corrected chi connectivity index (χ0v) is 9.58. The average molecular weight is 246 g/mol. The lowest BCUT2D eigenvalue weighted by atomic mass is 9.79. The molecule has 0 atom stereocenters. The topological polar surface area (TPSA) is 49.7 Å². The van der Waals surface area contributed by atoms with Gasteiger partial charge in [0.15, 0.2) is 11.6 Å². The minimum atomic E-state index is -1.76. The molecular formula is C13H12BFO3. The molecule has 2 aromatic rings. The quantitative estimate of drug-likeness (QED) is 0.794. The largest absolute Gasteiger partial charge is 0.492 e. The van der Waals surface area contributed by atoms with Crippen molar-refractivity contribution < 1.29 is 19.2 Å². The predicted molar refractivity (Wildman–Crippen MR) is 67.0 cm³/mol. The lowest BCUT2D eigenvalue weighted by Crippen LogP contribution is -2.32. The normalized spacial score (nSPS) is 10.2. The molecule has 18 heavy (non-hydrogen) atoms. The summed E-state index contributed by atoms with van der Waals surface area (Å²) in [5.74, 6) is -0.743. The Morgan fingerprint density at radius 1 is 1.00 bits per heavy atom. The lowest BCUT2D eigenvalue weighted by Gasteiger charge is -2.11. The van der Waals surface area contributed by atoms with Crippen LogP contribution in [0.15, 0.2) is 48.5 Å². The van der Waals surface area contributed by atoms with E-state index >= 15 is 0 Å². The van der Waals surface area contributed by atoms with Gasteiger partial charge in [-0.15, -0.1) is 0 Å². The van der Waals surface area contributed by atoms with Crippen LogP contribution in [-0.4, -0.2) is 17.2 Å². The van der Waals surface area contributed by atoms with Gasteiger partial charge >= 0.3 is 7.12 Å². The van der Waals surface area contributed by atoms with E-state index in [9.17, 15) is 4.39 Å². The van der Waals surface area contributed by atoms with Crippen molar-refractivity contribution in [1.82, 2.24) is 0 Å². The molecule has 0 unspecified atom stereocenters. The van der Waals surface area contributed by atoms with Gasteiger partial charge in [0.1, 0.15) is 6.61 Å². The van der Waals surface area contributed by atoms with Gasteiger partial charge < -0.3 is 14.8 Å². The molecule has 5 heteroatoms. The third-order valence-corrected chi connectivity index (χ3v) is 2.50. The Labute approximate surface area is 105 Å². The van der Waals surface area contributed by atoms with Crippen molar-refractivity contribution in [3.63, 3.8) is 0 Å². The highest BCUT2D eigenvalue weighted by Gasteiger charge is 2.20. The van der Waals surface area contributed by atoms with Gasteiger partial charge in [-0.1, -0.05) is 42.5 Å². The van der Waals surface area contributed by atoms with Gasteiger partial charge in [0, 0.05) is 5.46 Å². The summed E-state index contributed by atoms with van der Waals surface area (Å²) in [5.41, 5.74) is 0.894. The number of ether oxygens (including phenoxy) is 1. The van der Waals surface area contributed by atoms with Gasteiger partial charge in [-0.05, 0) is 11.6 Å². The first-order valence-corrected chi connectivity index (χ1v) is 5.50. The number of rotatable bonds is 4. The second-order valence-electron chi connectivity index (χ2n) is 3.81. The molecule has 0 aliphatic rings. The summed E-state index contributed by atoms with van der Waals surface area (Å²) in [4.78, 5) is 0. The zero-order chi connectivity index (χ0) is 13.0. The summed E-state index contributed by atoms with van der Waals surface area (Å²) in [5, 5.41) is 18.3. The van der Waals surface area contributed by atoms with Crippen LogP contribution in [0, 0.1) is 5.82 Å². The number of halogens is 1. The van der Waals surface area contributed by atoms with Crippen LogP contribution in [0.3, 0.4) is 0 Å². The maximum absolute atomic E-state index is 13.6. The maximum atomic E-state index is 13.6. The first-order valence-electron chi connectivity index (χ1n) is 5.50. The second-order valence-corrected chi connectivity index (χ2v) is 3.81. The summed E-state index contributed by atoms with van der Waals surface area (Å²) in [6, 6.07) is 13.3. The first-order chi connectivity index (χ1) is 8.68. The van der Waals surface area contributed by atoms with Crippen molar-refractivity contribution in [2.24, 2.45) is 0 Å². The van der Waals surface area contributed by atoms with Crippen LogP contribution in [0.1, 0.15) is 5.56 Å². The van der Waals surface area contributed by atoms with E-state index in [0.717, 1.165) is 5.56 Å². The molecule has 0 saturated carbocycles. The standard InChI is InChI=1S/C13H12BFO3/c15-12-8-4-7-11(14(16)17)13(12)18-9-10-5-2-1-3-6-10/h1-8,16-17H,9H2. The summed E-state index contributed by atoms with van der Waals surface area (Å²) in [6.45, 7) is 0.168. The number of benzene rings is 2.